The molecule has 0 aromatic carbocycles. The first kappa shape index (κ1) is 17.1. The van der Waals surface area contributed by atoms with E-state index in [1.165, 1.54) is 11.3 Å². The Labute approximate surface area is 143 Å². The molecule has 1 N–H and O–H groups in total. The van der Waals surface area contributed by atoms with Crippen LogP contribution in [0.1, 0.15) is 44.3 Å². The van der Waals surface area contributed by atoms with Crippen molar-refractivity contribution < 1.29 is 4.79 Å². The van der Waals surface area contributed by atoms with Crippen molar-refractivity contribution in [3.8, 4) is 0 Å². The van der Waals surface area contributed by atoms with Crippen LogP contribution in [0.2, 0.25) is 0 Å². The van der Waals surface area contributed by atoms with Crippen LogP contribution in [0.15, 0.2) is 9.85 Å². The van der Waals surface area contributed by atoms with Gasteiger partial charge in [0.25, 0.3) is 0 Å². The standard InChI is InChI=1S/C15H21BrN4OS/c1-9-13(16)10(2)20(19-9)7-6-12(21)18-14-17-11(8-22-14)15(3,4)5/h8H,6-7H2,1-5H3,(H,17,18,21). The highest BCUT2D eigenvalue weighted by atomic mass is 79.9. The second-order valence-electron chi connectivity index (χ2n) is 6.29. The Morgan fingerprint density at radius 3 is 2.59 bits per heavy atom. The van der Waals surface area contributed by atoms with Gasteiger partial charge in [-0.05, 0) is 29.8 Å². The number of nitrogens with zero attached hydrogens (tertiary/aromatic N) is 3. The molecule has 2 rings (SSSR count). The first-order valence-corrected chi connectivity index (χ1v) is 8.81. The van der Waals surface area contributed by atoms with Crippen LogP contribution in [0.5, 0.6) is 0 Å². The number of rotatable bonds is 4. The Kier molecular flexibility index (Phi) is 5.07. The molecule has 5 nitrogen and oxygen atoms in total. The number of aromatic nitrogens is 3. The summed E-state index contributed by atoms with van der Waals surface area (Å²) in [5, 5.41) is 9.91. The van der Waals surface area contributed by atoms with E-state index in [0.29, 0.717) is 18.1 Å². The molecule has 0 saturated carbocycles. The highest BCUT2D eigenvalue weighted by molar-refractivity contribution is 9.10. The molecule has 0 aliphatic carbocycles. The first-order chi connectivity index (χ1) is 10.2. The Morgan fingerprint density at radius 1 is 1.41 bits per heavy atom. The van der Waals surface area contributed by atoms with Gasteiger partial charge in [-0.25, -0.2) is 4.98 Å². The molecule has 2 aromatic heterocycles. The van der Waals surface area contributed by atoms with Crippen LogP contribution in [0.25, 0.3) is 0 Å². The van der Waals surface area contributed by atoms with E-state index in [1.54, 1.807) is 0 Å². The monoisotopic (exact) mass is 384 g/mol. The third kappa shape index (κ3) is 3.95. The SMILES string of the molecule is Cc1nn(CCC(=O)Nc2nc(C(C)(C)C)cs2)c(C)c1Br. The first-order valence-electron chi connectivity index (χ1n) is 7.14. The largest absolute Gasteiger partial charge is 0.302 e. The minimum absolute atomic E-state index is 0.00451. The number of thiazole rings is 1. The number of hydrogen-bond donors (Lipinski definition) is 1. The summed E-state index contributed by atoms with van der Waals surface area (Å²) in [6.07, 6.45) is 0.374. The molecule has 0 fully saturated rings. The lowest BCUT2D eigenvalue weighted by atomic mass is 9.93. The molecule has 0 radical (unpaired) electrons. The Balaban J connectivity index is 1.93. The fourth-order valence-electron chi connectivity index (χ4n) is 1.96. The third-order valence-electron chi connectivity index (χ3n) is 3.36. The molecule has 0 bridgehead atoms. The van der Waals surface area contributed by atoms with Crippen molar-refractivity contribution in [2.45, 2.75) is 53.0 Å². The smallest absolute Gasteiger partial charge is 0.228 e. The Bertz CT molecular complexity index is 684. The normalized spacial score (nSPS) is 11.7. The summed E-state index contributed by atoms with van der Waals surface area (Å²) in [7, 11) is 0. The van der Waals surface area contributed by atoms with Crippen molar-refractivity contribution in [2.24, 2.45) is 0 Å². The zero-order chi connectivity index (χ0) is 16.5. The van der Waals surface area contributed by atoms with Gasteiger partial charge in [-0.2, -0.15) is 5.10 Å². The molecule has 0 spiro atoms. The van der Waals surface area contributed by atoms with Gasteiger partial charge in [-0.15, -0.1) is 11.3 Å². The van der Waals surface area contributed by atoms with Crippen LogP contribution in [0, 0.1) is 13.8 Å². The predicted octanol–water partition coefficient (Wildman–Crippen LogP) is 4.05. The van der Waals surface area contributed by atoms with Gasteiger partial charge in [-0.1, -0.05) is 20.8 Å². The summed E-state index contributed by atoms with van der Waals surface area (Å²) in [6.45, 7) is 10.8. The topological polar surface area (TPSA) is 59.8 Å². The zero-order valence-corrected chi connectivity index (χ0v) is 15.9. The number of nitrogens with one attached hydrogen (secondary N) is 1. The minimum Gasteiger partial charge on any atom is -0.302 e. The van der Waals surface area contributed by atoms with Crippen LogP contribution in [0.3, 0.4) is 0 Å². The maximum atomic E-state index is 12.1. The molecule has 22 heavy (non-hydrogen) atoms. The molecule has 0 aliphatic rings. The molecule has 0 unspecified atom stereocenters. The Hall–Kier alpha value is -1.21. The van der Waals surface area contributed by atoms with Gasteiger partial charge in [0.05, 0.1) is 22.4 Å². The van der Waals surface area contributed by atoms with E-state index < -0.39 is 0 Å². The van der Waals surface area contributed by atoms with Crippen molar-refractivity contribution in [3.05, 3.63) is 26.9 Å². The van der Waals surface area contributed by atoms with Gasteiger partial charge < -0.3 is 5.32 Å². The molecule has 0 atom stereocenters. The van der Waals surface area contributed by atoms with Gasteiger partial charge in [-0.3, -0.25) is 9.48 Å². The van der Waals surface area contributed by atoms with Crippen LogP contribution in [-0.4, -0.2) is 20.7 Å². The van der Waals surface area contributed by atoms with Crippen LogP contribution >= 0.6 is 27.3 Å². The lowest BCUT2D eigenvalue weighted by molar-refractivity contribution is -0.116. The van der Waals surface area contributed by atoms with E-state index in [-0.39, 0.29) is 11.3 Å². The second kappa shape index (κ2) is 6.50. The summed E-state index contributed by atoms with van der Waals surface area (Å²) >= 11 is 4.95. The molecule has 0 saturated heterocycles. The highest BCUT2D eigenvalue weighted by Gasteiger charge is 2.18. The van der Waals surface area contributed by atoms with Gasteiger partial charge in [0.1, 0.15) is 0 Å². The van der Waals surface area contributed by atoms with E-state index in [0.717, 1.165) is 21.6 Å². The highest BCUT2D eigenvalue weighted by Crippen LogP contribution is 2.26. The van der Waals surface area contributed by atoms with Crippen molar-refractivity contribution in [1.29, 1.82) is 0 Å². The molecule has 0 aliphatic heterocycles. The number of carbonyl (C=O) groups is 1. The van der Waals surface area contributed by atoms with Gasteiger partial charge in [0, 0.05) is 22.9 Å². The lowest BCUT2D eigenvalue weighted by Gasteiger charge is -2.14. The van der Waals surface area contributed by atoms with E-state index in [9.17, 15) is 4.79 Å². The molecular weight excluding hydrogens is 364 g/mol. The molecule has 2 aromatic rings. The number of aryl methyl sites for hydroxylation is 2. The van der Waals surface area contributed by atoms with Crippen molar-refractivity contribution in [1.82, 2.24) is 14.8 Å². The zero-order valence-electron chi connectivity index (χ0n) is 13.5. The summed E-state index contributed by atoms with van der Waals surface area (Å²) in [4.78, 5) is 16.5. The molecule has 1 amide bonds. The Morgan fingerprint density at radius 2 is 2.09 bits per heavy atom. The third-order valence-corrected chi connectivity index (χ3v) is 5.27. The maximum Gasteiger partial charge on any atom is 0.228 e. The maximum absolute atomic E-state index is 12.1. The van der Waals surface area contributed by atoms with E-state index >= 15 is 0 Å². The molecular formula is C15H21BrN4OS. The number of amides is 1. The quantitative estimate of drug-likeness (QED) is 0.864. The van der Waals surface area contributed by atoms with Crippen molar-refractivity contribution >= 4 is 38.3 Å². The van der Waals surface area contributed by atoms with Gasteiger partial charge >= 0.3 is 0 Å². The fourth-order valence-corrected chi connectivity index (χ4v) is 3.19. The molecule has 7 heteroatoms. The average Bonchev–Trinajstić information content (AvgIpc) is 2.97. The van der Waals surface area contributed by atoms with Crippen LogP contribution < -0.4 is 5.32 Å². The number of carbonyl (C=O) groups excluding carboxylic acids is 1. The van der Waals surface area contributed by atoms with Gasteiger partial charge in [0.15, 0.2) is 5.13 Å². The number of anilines is 1. The summed E-state index contributed by atoms with van der Waals surface area (Å²) < 4.78 is 2.85. The average molecular weight is 385 g/mol. The second-order valence-corrected chi connectivity index (χ2v) is 7.95. The van der Waals surface area contributed by atoms with Crippen molar-refractivity contribution in [2.75, 3.05) is 5.32 Å². The number of halogens is 1. The number of hydrogen-bond acceptors (Lipinski definition) is 4. The van der Waals surface area contributed by atoms with E-state index in [4.69, 9.17) is 0 Å². The van der Waals surface area contributed by atoms with Crippen LogP contribution in [-0.2, 0) is 16.8 Å². The predicted molar refractivity (Wildman–Crippen MR) is 93.5 cm³/mol. The molecule has 120 valence electrons. The van der Waals surface area contributed by atoms with E-state index in [2.05, 4.69) is 52.1 Å². The van der Waals surface area contributed by atoms with Crippen LogP contribution in [0.4, 0.5) is 5.13 Å². The summed E-state index contributed by atoms with van der Waals surface area (Å²) in [5.41, 5.74) is 2.97. The summed E-state index contributed by atoms with van der Waals surface area (Å²) in [6, 6.07) is 0. The summed E-state index contributed by atoms with van der Waals surface area (Å²) in [5.74, 6) is -0.0431. The van der Waals surface area contributed by atoms with Gasteiger partial charge in [0.2, 0.25) is 5.91 Å². The molecule has 2 heterocycles. The van der Waals surface area contributed by atoms with E-state index in [1.807, 2.05) is 23.9 Å². The lowest BCUT2D eigenvalue weighted by Crippen LogP contribution is -2.16. The van der Waals surface area contributed by atoms with Crippen molar-refractivity contribution in [3.63, 3.8) is 0 Å². The fraction of sp³-hybridized carbons (Fsp3) is 0.533. The minimum atomic E-state index is -0.0431.